The SMILES string of the molecule is Cc1ccccc1CNc1cnc(C(=O)NC2CCS(=O)(=O)C2)cn1. The molecule has 0 bridgehead atoms. The summed E-state index contributed by atoms with van der Waals surface area (Å²) in [5, 5.41) is 5.86. The van der Waals surface area contributed by atoms with Gasteiger partial charge in [0, 0.05) is 12.6 Å². The van der Waals surface area contributed by atoms with Crippen molar-refractivity contribution in [2.75, 3.05) is 16.8 Å². The molecule has 1 aromatic heterocycles. The first-order chi connectivity index (χ1) is 11.9. The van der Waals surface area contributed by atoms with E-state index >= 15 is 0 Å². The number of nitrogens with one attached hydrogen (secondary N) is 2. The molecule has 0 radical (unpaired) electrons. The Bertz CT molecular complexity index is 866. The van der Waals surface area contributed by atoms with Crippen LogP contribution in [0.5, 0.6) is 0 Å². The van der Waals surface area contributed by atoms with Crippen LogP contribution in [-0.2, 0) is 16.4 Å². The van der Waals surface area contributed by atoms with Gasteiger partial charge in [0.05, 0.1) is 23.9 Å². The number of sulfone groups is 1. The van der Waals surface area contributed by atoms with Gasteiger partial charge in [0.1, 0.15) is 11.5 Å². The lowest BCUT2D eigenvalue weighted by Crippen LogP contribution is -2.36. The Balaban J connectivity index is 1.56. The summed E-state index contributed by atoms with van der Waals surface area (Å²) in [5.41, 5.74) is 2.52. The van der Waals surface area contributed by atoms with Crippen molar-refractivity contribution >= 4 is 21.6 Å². The van der Waals surface area contributed by atoms with Crippen LogP contribution >= 0.6 is 0 Å². The molecule has 0 saturated carbocycles. The van der Waals surface area contributed by atoms with Crippen molar-refractivity contribution in [3.05, 3.63) is 53.5 Å². The molecular weight excluding hydrogens is 340 g/mol. The molecule has 2 N–H and O–H groups in total. The second kappa shape index (κ2) is 7.18. The zero-order chi connectivity index (χ0) is 17.9. The maximum atomic E-state index is 12.1. The van der Waals surface area contributed by atoms with E-state index in [0.29, 0.717) is 18.8 Å². The molecule has 1 aliphatic rings. The summed E-state index contributed by atoms with van der Waals surface area (Å²) >= 11 is 0. The predicted molar refractivity (Wildman–Crippen MR) is 95.1 cm³/mol. The number of amides is 1. The Morgan fingerprint density at radius 2 is 2.04 bits per heavy atom. The van der Waals surface area contributed by atoms with Crippen LogP contribution < -0.4 is 10.6 Å². The number of aryl methyl sites for hydroxylation is 1. The van der Waals surface area contributed by atoms with Crippen molar-refractivity contribution in [1.29, 1.82) is 0 Å². The van der Waals surface area contributed by atoms with Gasteiger partial charge in [-0.2, -0.15) is 0 Å². The summed E-state index contributed by atoms with van der Waals surface area (Å²) in [7, 11) is -3.03. The van der Waals surface area contributed by atoms with Gasteiger partial charge < -0.3 is 10.6 Å². The Kier molecular flexibility index (Phi) is 4.98. The number of hydrogen-bond acceptors (Lipinski definition) is 6. The zero-order valence-electron chi connectivity index (χ0n) is 13.9. The van der Waals surface area contributed by atoms with E-state index in [0.717, 1.165) is 5.56 Å². The lowest BCUT2D eigenvalue weighted by atomic mass is 10.1. The number of carbonyl (C=O) groups is 1. The standard InChI is InChI=1S/C17H20N4O3S/c1-12-4-2-3-5-13(12)8-19-16-10-18-15(9-20-16)17(22)21-14-6-7-25(23,24)11-14/h2-5,9-10,14H,6-8,11H2,1H3,(H,19,20)(H,21,22). The molecule has 25 heavy (non-hydrogen) atoms. The number of carbonyl (C=O) groups excluding carboxylic acids is 1. The summed E-state index contributed by atoms with van der Waals surface area (Å²) in [6.07, 6.45) is 3.33. The zero-order valence-corrected chi connectivity index (χ0v) is 14.7. The maximum absolute atomic E-state index is 12.1. The fourth-order valence-electron chi connectivity index (χ4n) is 2.70. The van der Waals surface area contributed by atoms with Gasteiger partial charge in [-0.05, 0) is 24.5 Å². The summed E-state index contributed by atoms with van der Waals surface area (Å²) < 4.78 is 22.9. The van der Waals surface area contributed by atoms with E-state index in [1.807, 2.05) is 31.2 Å². The maximum Gasteiger partial charge on any atom is 0.271 e. The van der Waals surface area contributed by atoms with Gasteiger partial charge in [-0.1, -0.05) is 24.3 Å². The van der Waals surface area contributed by atoms with E-state index in [1.165, 1.54) is 18.0 Å². The molecule has 0 spiro atoms. The Morgan fingerprint density at radius 1 is 1.24 bits per heavy atom. The van der Waals surface area contributed by atoms with Crippen LogP contribution in [0.1, 0.15) is 28.0 Å². The lowest BCUT2D eigenvalue weighted by molar-refractivity contribution is 0.0935. The predicted octanol–water partition coefficient (Wildman–Crippen LogP) is 1.31. The van der Waals surface area contributed by atoms with Crippen molar-refractivity contribution in [3.63, 3.8) is 0 Å². The number of benzene rings is 1. The molecule has 2 heterocycles. The summed E-state index contributed by atoms with van der Waals surface area (Å²) in [5.74, 6) is 0.275. The van der Waals surface area contributed by atoms with Crippen LogP contribution in [-0.4, -0.2) is 41.8 Å². The normalized spacial score (nSPS) is 18.7. The highest BCUT2D eigenvalue weighted by Gasteiger charge is 2.29. The van der Waals surface area contributed by atoms with E-state index in [2.05, 4.69) is 20.6 Å². The minimum absolute atomic E-state index is 0.0117. The average molecular weight is 360 g/mol. The molecule has 3 rings (SSSR count). The third-order valence-electron chi connectivity index (χ3n) is 4.17. The highest BCUT2D eigenvalue weighted by molar-refractivity contribution is 7.91. The minimum atomic E-state index is -3.03. The molecule has 1 saturated heterocycles. The van der Waals surface area contributed by atoms with Crippen LogP contribution in [0.25, 0.3) is 0 Å². The lowest BCUT2D eigenvalue weighted by Gasteiger charge is -2.11. The van der Waals surface area contributed by atoms with Gasteiger partial charge in [-0.15, -0.1) is 0 Å². The summed E-state index contributed by atoms with van der Waals surface area (Å²) in [4.78, 5) is 20.4. The second-order valence-electron chi connectivity index (χ2n) is 6.14. The first kappa shape index (κ1) is 17.3. The molecule has 1 aliphatic heterocycles. The summed E-state index contributed by atoms with van der Waals surface area (Å²) in [6.45, 7) is 2.66. The van der Waals surface area contributed by atoms with Gasteiger partial charge in [0.25, 0.3) is 5.91 Å². The van der Waals surface area contributed by atoms with Crippen molar-refractivity contribution in [2.45, 2.75) is 25.9 Å². The molecule has 1 fully saturated rings. The molecule has 8 heteroatoms. The molecule has 1 amide bonds. The Morgan fingerprint density at radius 3 is 2.68 bits per heavy atom. The van der Waals surface area contributed by atoms with E-state index in [4.69, 9.17) is 0 Å². The Labute approximate surface area is 146 Å². The third-order valence-corrected chi connectivity index (χ3v) is 5.94. The number of nitrogens with zero attached hydrogens (tertiary/aromatic N) is 2. The molecule has 1 unspecified atom stereocenters. The number of aromatic nitrogens is 2. The fraction of sp³-hybridized carbons (Fsp3) is 0.353. The molecule has 2 aromatic rings. The number of rotatable bonds is 5. The first-order valence-electron chi connectivity index (χ1n) is 8.05. The van der Waals surface area contributed by atoms with Crippen LogP contribution in [0.2, 0.25) is 0 Å². The second-order valence-corrected chi connectivity index (χ2v) is 8.37. The topological polar surface area (TPSA) is 101 Å². The van der Waals surface area contributed by atoms with E-state index in [9.17, 15) is 13.2 Å². The van der Waals surface area contributed by atoms with Gasteiger partial charge in [0.15, 0.2) is 9.84 Å². The number of anilines is 1. The molecule has 1 atom stereocenters. The van der Waals surface area contributed by atoms with Crippen molar-refractivity contribution in [1.82, 2.24) is 15.3 Å². The number of hydrogen-bond donors (Lipinski definition) is 2. The van der Waals surface area contributed by atoms with Gasteiger partial charge in [-0.3, -0.25) is 4.79 Å². The van der Waals surface area contributed by atoms with Crippen LogP contribution in [0, 0.1) is 6.92 Å². The summed E-state index contributed by atoms with van der Waals surface area (Å²) in [6, 6.07) is 7.69. The molecule has 7 nitrogen and oxygen atoms in total. The minimum Gasteiger partial charge on any atom is -0.365 e. The van der Waals surface area contributed by atoms with Crippen molar-refractivity contribution in [2.24, 2.45) is 0 Å². The van der Waals surface area contributed by atoms with Gasteiger partial charge in [0.2, 0.25) is 0 Å². The molecule has 1 aromatic carbocycles. The van der Waals surface area contributed by atoms with Crippen molar-refractivity contribution < 1.29 is 13.2 Å². The highest BCUT2D eigenvalue weighted by Crippen LogP contribution is 2.12. The van der Waals surface area contributed by atoms with Crippen LogP contribution in [0.4, 0.5) is 5.82 Å². The third kappa shape index (κ3) is 4.54. The first-order valence-corrected chi connectivity index (χ1v) is 9.87. The van der Waals surface area contributed by atoms with E-state index in [1.54, 1.807) is 0 Å². The quantitative estimate of drug-likeness (QED) is 0.834. The molecule has 132 valence electrons. The average Bonchev–Trinajstić information content (AvgIpc) is 2.93. The fourth-order valence-corrected chi connectivity index (χ4v) is 4.37. The Hall–Kier alpha value is -2.48. The van der Waals surface area contributed by atoms with Crippen LogP contribution in [0.15, 0.2) is 36.7 Å². The largest absolute Gasteiger partial charge is 0.365 e. The smallest absolute Gasteiger partial charge is 0.271 e. The molecular formula is C17H20N4O3S. The van der Waals surface area contributed by atoms with Crippen LogP contribution in [0.3, 0.4) is 0 Å². The van der Waals surface area contributed by atoms with Crippen molar-refractivity contribution in [3.8, 4) is 0 Å². The van der Waals surface area contributed by atoms with Gasteiger partial charge in [-0.25, -0.2) is 18.4 Å². The van der Waals surface area contributed by atoms with Gasteiger partial charge >= 0.3 is 0 Å². The molecule has 0 aliphatic carbocycles. The highest BCUT2D eigenvalue weighted by atomic mass is 32.2. The monoisotopic (exact) mass is 360 g/mol. The van der Waals surface area contributed by atoms with E-state index < -0.39 is 15.7 Å². The van der Waals surface area contributed by atoms with E-state index in [-0.39, 0.29) is 23.2 Å².